The highest BCUT2D eigenvalue weighted by molar-refractivity contribution is 7.84. The Hall–Kier alpha value is -0.880. The van der Waals surface area contributed by atoms with Crippen LogP contribution >= 0.6 is 11.6 Å². The van der Waals surface area contributed by atoms with E-state index >= 15 is 0 Å². The van der Waals surface area contributed by atoms with Gasteiger partial charge in [0.15, 0.2) is 0 Å². The van der Waals surface area contributed by atoms with Crippen LogP contribution in [0.15, 0.2) is 0 Å². The van der Waals surface area contributed by atoms with Gasteiger partial charge >= 0.3 is 5.97 Å². The first-order valence-electron chi connectivity index (χ1n) is 4.16. The van der Waals surface area contributed by atoms with Crippen molar-refractivity contribution in [2.24, 2.45) is 7.05 Å². The average Bonchev–Trinajstić information content (AvgIpc) is 2.31. The molecule has 0 amide bonds. The van der Waals surface area contributed by atoms with E-state index in [1.807, 2.05) is 0 Å². The Labute approximate surface area is 94.5 Å². The predicted octanol–water partition coefficient (Wildman–Crippen LogP) is 0.715. The number of aryl methyl sites for hydroxylation is 2. The summed E-state index contributed by atoms with van der Waals surface area (Å²) in [7, 11) is 0.234. The van der Waals surface area contributed by atoms with Gasteiger partial charge in [-0.05, 0) is 6.92 Å². The van der Waals surface area contributed by atoms with Gasteiger partial charge in [0.05, 0.1) is 22.2 Å². The number of aromatic nitrogens is 2. The molecule has 84 valence electrons. The standard InChI is InChI=1S/C8H11ClN2O3S/c1-5-8(9)6(11(2)10-5)3-15(14)4-7(12)13/h3-4H2,1-2H3,(H,12,13). The second kappa shape index (κ2) is 4.76. The van der Waals surface area contributed by atoms with Gasteiger partial charge in [-0.25, -0.2) is 0 Å². The van der Waals surface area contributed by atoms with Crippen molar-refractivity contribution >= 4 is 28.4 Å². The molecule has 1 aromatic rings. The molecule has 0 saturated carbocycles. The summed E-state index contributed by atoms with van der Waals surface area (Å²) in [5.41, 5.74) is 1.26. The number of carbonyl (C=O) groups is 1. The zero-order valence-corrected chi connectivity index (χ0v) is 9.93. The van der Waals surface area contributed by atoms with Crippen LogP contribution in [0.1, 0.15) is 11.4 Å². The van der Waals surface area contributed by atoms with Crippen LogP contribution in [0.2, 0.25) is 5.02 Å². The van der Waals surface area contributed by atoms with Crippen molar-refractivity contribution in [3.63, 3.8) is 0 Å². The number of halogens is 1. The molecular weight excluding hydrogens is 240 g/mol. The van der Waals surface area contributed by atoms with E-state index in [1.165, 1.54) is 4.68 Å². The molecule has 1 unspecified atom stereocenters. The van der Waals surface area contributed by atoms with E-state index in [0.717, 1.165) is 0 Å². The first-order chi connectivity index (χ1) is 6.91. The van der Waals surface area contributed by atoms with Crippen LogP contribution < -0.4 is 0 Å². The Morgan fingerprint density at radius 3 is 2.67 bits per heavy atom. The Balaban J connectivity index is 2.80. The Morgan fingerprint density at radius 2 is 2.27 bits per heavy atom. The summed E-state index contributed by atoms with van der Waals surface area (Å²) >= 11 is 5.93. The number of carboxylic acid groups (broad SMARTS) is 1. The van der Waals surface area contributed by atoms with Crippen LogP contribution in [0.25, 0.3) is 0 Å². The molecule has 0 bridgehead atoms. The molecule has 0 radical (unpaired) electrons. The minimum absolute atomic E-state index is 0.114. The van der Waals surface area contributed by atoms with E-state index in [4.69, 9.17) is 16.7 Å². The third kappa shape index (κ3) is 3.04. The summed E-state index contributed by atoms with van der Waals surface area (Å²) in [6.07, 6.45) is 0. The second-order valence-corrected chi connectivity index (χ2v) is 4.93. The first-order valence-corrected chi connectivity index (χ1v) is 6.03. The van der Waals surface area contributed by atoms with Crippen molar-refractivity contribution < 1.29 is 14.1 Å². The zero-order chi connectivity index (χ0) is 11.6. The topological polar surface area (TPSA) is 72.2 Å². The molecule has 5 nitrogen and oxygen atoms in total. The quantitative estimate of drug-likeness (QED) is 0.855. The maximum Gasteiger partial charge on any atom is 0.316 e. The van der Waals surface area contributed by atoms with E-state index in [0.29, 0.717) is 16.4 Å². The average molecular weight is 251 g/mol. The number of hydrogen-bond donors (Lipinski definition) is 1. The summed E-state index contributed by atoms with van der Waals surface area (Å²) in [6.45, 7) is 1.74. The lowest BCUT2D eigenvalue weighted by atomic mass is 10.4. The minimum atomic E-state index is -1.45. The molecule has 0 saturated heterocycles. The van der Waals surface area contributed by atoms with E-state index in [-0.39, 0.29) is 11.5 Å². The Morgan fingerprint density at radius 1 is 1.67 bits per heavy atom. The van der Waals surface area contributed by atoms with Crippen molar-refractivity contribution in [3.8, 4) is 0 Å². The van der Waals surface area contributed by atoms with Crippen LogP contribution in [-0.2, 0) is 28.4 Å². The van der Waals surface area contributed by atoms with Crippen LogP contribution in [0, 0.1) is 6.92 Å². The van der Waals surface area contributed by atoms with Crippen LogP contribution in [0.4, 0.5) is 0 Å². The van der Waals surface area contributed by atoms with Gasteiger partial charge in [-0.2, -0.15) is 5.10 Å². The third-order valence-corrected chi connectivity index (χ3v) is 3.50. The summed E-state index contributed by atoms with van der Waals surface area (Å²) < 4.78 is 12.9. The molecule has 15 heavy (non-hydrogen) atoms. The molecule has 1 heterocycles. The number of carboxylic acids is 1. The Kier molecular flexibility index (Phi) is 3.87. The van der Waals surface area contributed by atoms with Crippen molar-refractivity contribution in [1.29, 1.82) is 0 Å². The van der Waals surface area contributed by atoms with Gasteiger partial charge < -0.3 is 5.11 Å². The number of hydrogen-bond acceptors (Lipinski definition) is 3. The zero-order valence-electron chi connectivity index (χ0n) is 8.36. The van der Waals surface area contributed by atoms with Crippen LogP contribution in [0.3, 0.4) is 0 Å². The molecule has 7 heteroatoms. The van der Waals surface area contributed by atoms with E-state index in [1.54, 1.807) is 14.0 Å². The SMILES string of the molecule is Cc1nn(C)c(CS(=O)CC(=O)O)c1Cl. The normalized spacial score (nSPS) is 12.7. The fourth-order valence-electron chi connectivity index (χ4n) is 1.18. The van der Waals surface area contributed by atoms with Gasteiger partial charge in [0.2, 0.25) is 0 Å². The fraction of sp³-hybridized carbons (Fsp3) is 0.500. The molecule has 0 aromatic carbocycles. The largest absolute Gasteiger partial charge is 0.481 e. The maximum atomic E-state index is 11.4. The Bertz CT molecular complexity index is 416. The lowest BCUT2D eigenvalue weighted by molar-refractivity contribution is -0.133. The van der Waals surface area contributed by atoms with Crippen molar-refractivity contribution in [2.45, 2.75) is 12.7 Å². The fourth-order valence-corrected chi connectivity index (χ4v) is 2.50. The van der Waals surface area contributed by atoms with E-state index in [9.17, 15) is 9.00 Å². The van der Waals surface area contributed by atoms with Crippen molar-refractivity contribution in [3.05, 3.63) is 16.4 Å². The molecule has 1 rings (SSSR count). The maximum absolute atomic E-state index is 11.4. The predicted molar refractivity (Wildman–Crippen MR) is 57.3 cm³/mol. The number of rotatable bonds is 4. The van der Waals surface area contributed by atoms with Gasteiger partial charge in [0.1, 0.15) is 5.75 Å². The number of nitrogens with zero attached hydrogens (tertiary/aromatic N) is 2. The highest BCUT2D eigenvalue weighted by Crippen LogP contribution is 2.20. The van der Waals surface area contributed by atoms with Gasteiger partial charge in [-0.15, -0.1) is 0 Å². The molecule has 0 fully saturated rings. The summed E-state index contributed by atoms with van der Waals surface area (Å²) in [4.78, 5) is 10.3. The molecule has 0 spiro atoms. The molecule has 1 N–H and O–H groups in total. The molecule has 0 aliphatic carbocycles. The summed E-state index contributed by atoms with van der Waals surface area (Å²) in [5.74, 6) is -1.34. The van der Waals surface area contributed by atoms with Gasteiger partial charge in [-0.1, -0.05) is 11.6 Å². The first kappa shape index (κ1) is 12.2. The van der Waals surface area contributed by atoms with E-state index < -0.39 is 16.8 Å². The van der Waals surface area contributed by atoms with Crippen LogP contribution in [0.5, 0.6) is 0 Å². The third-order valence-electron chi connectivity index (χ3n) is 1.84. The smallest absolute Gasteiger partial charge is 0.316 e. The minimum Gasteiger partial charge on any atom is -0.481 e. The van der Waals surface area contributed by atoms with Gasteiger partial charge in [-0.3, -0.25) is 13.7 Å². The van der Waals surface area contributed by atoms with E-state index in [2.05, 4.69) is 5.10 Å². The highest BCUT2D eigenvalue weighted by Gasteiger charge is 2.15. The van der Waals surface area contributed by atoms with Gasteiger partial charge in [0.25, 0.3) is 0 Å². The molecular formula is C8H11ClN2O3S. The highest BCUT2D eigenvalue weighted by atomic mass is 35.5. The molecule has 0 aliphatic rings. The summed E-state index contributed by atoms with van der Waals surface area (Å²) in [6, 6.07) is 0. The van der Waals surface area contributed by atoms with Crippen molar-refractivity contribution in [2.75, 3.05) is 5.75 Å². The van der Waals surface area contributed by atoms with Crippen LogP contribution in [-0.4, -0.2) is 30.8 Å². The molecule has 0 aliphatic heterocycles. The number of aliphatic carboxylic acids is 1. The lowest BCUT2D eigenvalue weighted by Crippen LogP contribution is -2.12. The molecule has 1 aromatic heterocycles. The molecule has 1 atom stereocenters. The van der Waals surface area contributed by atoms with Gasteiger partial charge in [0, 0.05) is 17.8 Å². The monoisotopic (exact) mass is 250 g/mol. The second-order valence-electron chi connectivity index (χ2n) is 3.09. The van der Waals surface area contributed by atoms with Crippen molar-refractivity contribution in [1.82, 2.24) is 9.78 Å². The lowest BCUT2D eigenvalue weighted by Gasteiger charge is -2.01. The summed E-state index contributed by atoms with van der Waals surface area (Å²) in [5, 5.41) is 13.0.